The molecule has 0 aliphatic heterocycles. The van der Waals surface area contributed by atoms with Crippen molar-refractivity contribution in [3.8, 4) is 0 Å². The van der Waals surface area contributed by atoms with E-state index in [0.717, 1.165) is 29.9 Å². The molecule has 0 amide bonds. The molecular weight excluding hydrogens is 306 g/mol. The van der Waals surface area contributed by atoms with Crippen LogP contribution < -0.4 is 5.32 Å². The quantitative estimate of drug-likeness (QED) is 0.489. The molecule has 0 bridgehead atoms. The fourth-order valence-corrected chi connectivity index (χ4v) is 2.57. The van der Waals surface area contributed by atoms with E-state index in [1.165, 1.54) is 6.07 Å². The Labute approximate surface area is 133 Å². The number of hydrogen-bond acceptors (Lipinski definition) is 5. The predicted octanol–water partition coefficient (Wildman–Crippen LogP) is 4.21. The standard InChI is InChI=1S/C15H18ClN3O3/c1-9-7-14(13(16)8-15(9)19(20)21)17-6-4-5-12-10(2)18-22-11(12)3/h7-8,17H,4-6H2,1-3H3. The highest BCUT2D eigenvalue weighted by Crippen LogP contribution is 2.30. The molecule has 0 aliphatic carbocycles. The summed E-state index contributed by atoms with van der Waals surface area (Å²) >= 11 is 6.08. The van der Waals surface area contributed by atoms with E-state index in [1.807, 2.05) is 13.8 Å². The molecule has 7 heteroatoms. The minimum absolute atomic E-state index is 0.0336. The summed E-state index contributed by atoms with van der Waals surface area (Å²) in [4.78, 5) is 10.4. The van der Waals surface area contributed by atoms with E-state index in [-0.39, 0.29) is 5.69 Å². The van der Waals surface area contributed by atoms with Crippen LogP contribution in [0.2, 0.25) is 5.02 Å². The van der Waals surface area contributed by atoms with Gasteiger partial charge in [0.15, 0.2) is 0 Å². The SMILES string of the molecule is Cc1cc(NCCCc2c(C)noc2C)c(Cl)cc1[N+](=O)[O-]. The number of nitrogens with zero attached hydrogens (tertiary/aromatic N) is 2. The molecular formula is C15H18ClN3O3. The molecule has 0 atom stereocenters. The summed E-state index contributed by atoms with van der Waals surface area (Å²) in [5, 5.41) is 18.3. The molecule has 0 fully saturated rings. The molecule has 0 unspecified atom stereocenters. The number of aryl methyl sites for hydroxylation is 3. The summed E-state index contributed by atoms with van der Waals surface area (Å²) in [5.41, 5.74) is 3.38. The van der Waals surface area contributed by atoms with Crippen LogP contribution in [0.1, 0.15) is 29.0 Å². The Hall–Kier alpha value is -2.08. The van der Waals surface area contributed by atoms with Crippen molar-refractivity contribution in [3.63, 3.8) is 0 Å². The van der Waals surface area contributed by atoms with Gasteiger partial charge in [0.2, 0.25) is 0 Å². The van der Waals surface area contributed by atoms with Crippen LogP contribution >= 0.6 is 11.6 Å². The number of hydrogen-bond donors (Lipinski definition) is 1. The van der Waals surface area contributed by atoms with Gasteiger partial charge in [0.1, 0.15) is 5.76 Å². The van der Waals surface area contributed by atoms with E-state index >= 15 is 0 Å². The van der Waals surface area contributed by atoms with Crippen LogP contribution in [0, 0.1) is 30.9 Å². The lowest BCUT2D eigenvalue weighted by molar-refractivity contribution is -0.385. The van der Waals surface area contributed by atoms with Crippen molar-refractivity contribution in [2.24, 2.45) is 0 Å². The molecule has 0 saturated carbocycles. The first-order chi connectivity index (χ1) is 10.4. The summed E-state index contributed by atoms with van der Waals surface area (Å²) in [6.07, 6.45) is 1.74. The number of nitro benzene ring substituents is 1. The van der Waals surface area contributed by atoms with Gasteiger partial charge in [0.25, 0.3) is 5.69 Å². The highest BCUT2D eigenvalue weighted by atomic mass is 35.5. The van der Waals surface area contributed by atoms with Crippen LogP contribution in [0.5, 0.6) is 0 Å². The van der Waals surface area contributed by atoms with Crippen molar-refractivity contribution >= 4 is 23.0 Å². The zero-order chi connectivity index (χ0) is 16.3. The molecule has 1 aromatic heterocycles. The largest absolute Gasteiger partial charge is 0.384 e. The smallest absolute Gasteiger partial charge is 0.273 e. The van der Waals surface area contributed by atoms with E-state index in [9.17, 15) is 10.1 Å². The number of benzene rings is 1. The second-order valence-electron chi connectivity index (χ2n) is 5.21. The average molecular weight is 324 g/mol. The predicted molar refractivity (Wildman–Crippen MR) is 85.6 cm³/mol. The van der Waals surface area contributed by atoms with Crippen LogP contribution in [0.15, 0.2) is 16.7 Å². The van der Waals surface area contributed by atoms with Gasteiger partial charge in [-0.25, -0.2) is 0 Å². The van der Waals surface area contributed by atoms with E-state index in [2.05, 4.69) is 10.5 Å². The minimum atomic E-state index is -0.428. The van der Waals surface area contributed by atoms with Crippen molar-refractivity contribution in [1.29, 1.82) is 0 Å². The van der Waals surface area contributed by atoms with Gasteiger partial charge in [0, 0.05) is 23.7 Å². The maximum Gasteiger partial charge on any atom is 0.273 e. The second-order valence-corrected chi connectivity index (χ2v) is 5.62. The van der Waals surface area contributed by atoms with Crippen LogP contribution in [0.25, 0.3) is 0 Å². The number of nitro groups is 1. The van der Waals surface area contributed by atoms with Gasteiger partial charge in [-0.2, -0.15) is 0 Å². The van der Waals surface area contributed by atoms with Crippen molar-refractivity contribution in [1.82, 2.24) is 5.16 Å². The van der Waals surface area contributed by atoms with Gasteiger partial charge >= 0.3 is 0 Å². The maximum absolute atomic E-state index is 10.9. The van der Waals surface area contributed by atoms with E-state index in [0.29, 0.717) is 22.8 Å². The summed E-state index contributed by atoms with van der Waals surface area (Å²) in [5.74, 6) is 0.849. The highest BCUT2D eigenvalue weighted by molar-refractivity contribution is 6.33. The highest BCUT2D eigenvalue weighted by Gasteiger charge is 2.14. The lowest BCUT2D eigenvalue weighted by atomic mass is 10.1. The first-order valence-electron chi connectivity index (χ1n) is 7.00. The summed E-state index contributed by atoms with van der Waals surface area (Å²) in [7, 11) is 0. The molecule has 0 radical (unpaired) electrons. The van der Waals surface area contributed by atoms with Gasteiger partial charge in [-0.15, -0.1) is 0 Å². The third-order valence-corrected chi connectivity index (χ3v) is 3.90. The third-order valence-electron chi connectivity index (χ3n) is 3.58. The monoisotopic (exact) mass is 323 g/mol. The molecule has 1 heterocycles. The molecule has 22 heavy (non-hydrogen) atoms. The number of nitrogens with one attached hydrogen (secondary N) is 1. The number of anilines is 1. The van der Waals surface area contributed by atoms with Crippen LogP contribution in [-0.4, -0.2) is 16.6 Å². The molecule has 1 N–H and O–H groups in total. The molecule has 0 spiro atoms. The van der Waals surface area contributed by atoms with E-state index in [1.54, 1.807) is 13.0 Å². The van der Waals surface area contributed by atoms with Crippen molar-refractivity contribution in [3.05, 3.63) is 49.9 Å². The van der Waals surface area contributed by atoms with Gasteiger partial charge in [0.05, 0.1) is 21.3 Å². The summed E-state index contributed by atoms with van der Waals surface area (Å²) < 4.78 is 5.13. The number of halogens is 1. The fraction of sp³-hybridized carbons (Fsp3) is 0.400. The third kappa shape index (κ3) is 3.57. The Morgan fingerprint density at radius 2 is 2.09 bits per heavy atom. The minimum Gasteiger partial charge on any atom is -0.384 e. The maximum atomic E-state index is 10.9. The Kier molecular flexibility index (Phi) is 5.03. The molecule has 0 aliphatic rings. The first kappa shape index (κ1) is 16.3. The van der Waals surface area contributed by atoms with Crippen LogP contribution in [-0.2, 0) is 6.42 Å². The van der Waals surface area contributed by atoms with Crippen LogP contribution in [0.4, 0.5) is 11.4 Å². The van der Waals surface area contributed by atoms with Gasteiger partial charge in [-0.3, -0.25) is 10.1 Å². The lowest BCUT2D eigenvalue weighted by Gasteiger charge is -2.09. The Morgan fingerprint density at radius 1 is 1.36 bits per heavy atom. The molecule has 2 rings (SSSR count). The zero-order valence-corrected chi connectivity index (χ0v) is 13.5. The normalized spacial score (nSPS) is 10.7. The number of rotatable bonds is 6. The number of aromatic nitrogens is 1. The molecule has 6 nitrogen and oxygen atoms in total. The topological polar surface area (TPSA) is 81.2 Å². The molecule has 2 aromatic rings. The molecule has 118 valence electrons. The van der Waals surface area contributed by atoms with E-state index < -0.39 is 4.92 Å². The van der Waals surface area contributed by atoms with Crippen molar-refractivity contribution < 1.29 is 9.45 Å². The van der Waals surface area contributed by atoms with Gasteiger partial charge < -0.3 is 9.84 Å². The van der Waals surface area contributed by atoms with Crippen LogP contribution in [0.3, 0.4) is 0 Å². The Bertz CT molecular complexity index is 678. The van der Waals surface area contributed by atoms with Crippen molar-refractivity contribution in [2.75, 3.05) is 11.9 Å². The summed E-state index contributed by atoms with van der Waals surface area (Å²) in [6, 6.07) is 3.09. The van der Waals surface area contributed by atoms with E-state index in [4.69, 9.17) is 16.1 Å². The Balaban J connectivity index is 1.95. The van der Waals surface area contributed by atoms with Gasteiger partial charge in [-0.05, 0) is 39.7 Å². The Morgan fingerprint density at radius 3 is 2.68 bits per heavy atom. The lowest BCUT2D eigenvalue weighted by Crippen LogP contribution is -2.05. The first-order valence-corrected chi connectivity index (χ1v) is 7.38. The summed E-state index contributed by atoms with van der Waals surface area (Å²) in [6.45, 7) is 6.24. The molecule has 0 saturated heterocycles. The van der Waals surface area contributed by atoms with Crippen molar-refractivity contribution in [2.45, 2.75) is 33.6 Å². The average Bonchev–Trinajstić information content (AvgIpc) is 2.77. The fourth-order valence-electron chi connectivity index (χ4n) is 2.35. The van der Waals surface area contributed by atoms with Gasteiger partial charge in [-0.1, -0.05) is 16.8 Å². The zero-order valence-electron chi connectivity index (χ0n) is 12.8. The molecule has 1 aromatic carbocycles. The second kappa shape index (κ2) is 6.79.